The fourth-order valence-electron chi connectivity index (χ4n) is 3.74. The molecular weight excluding hydrogens is 450 g/mol. The number of fused-ring (bicyclic) bond motifs is 3. The van der Waals surface area contributed by atoms with Gasteiger partial charge in [-0.25, -0.2) is 4.98 Å². The fourth-order valence-corrected chi connectivity index (χ4v) is 4.63. The van der Waals surface area contributed by atoms with Crippen molar-refractivity contribution in [3.8, 4) is 5.75 Å². The zero-order chi connectivity index (χ0) is 22.9. The van der Waals surface area contributed by atoms with E-state index in [1.165, 1.54) is 28.7 Å². The normalized spacial score (nSPS) is 11.6. The van der Waals surface area contributed by atoms with Gasteiger partial charge in [0.05, 0.1) is 30.3 Å². The Labute approximate surface area is 190 Å². The monoisotopic (exact) mass is 468 g/mol. The van der Waals surface area contributed by atoms with Crippen LogP contribution in [0.4, 0.5) is 8.78 Å². The van der Waals surface area contributed by atoms with Crippen LogP contribution in [0.25, 0.3) is 16.7 Å². The maximum Gasteiger partial charge on any atom is 0.319 e. The van der Waals surface area contributed by atoms with Crippen molar-refractivity contribution in [2.24, 2.45) is 0 Å². The standard InChI is InChI=1S/C22H18F2N6O2S/c1-32-17-9-5-2-6-14(17)12-29-19(31)15-7-3-4-8-16(15)30-21(29)26-27-22(30)33-13-18-25-10-11-28(18)20(23)24/h2-11,20H,12-13H2,1H3. The Morgan fingerprint density at radius 1 is 1.09 bits per heavy atom. The van der Waals surface area contributed by atoms with Crippen LogP contribution in [0.2, 0.25) is 0 Å². The highest BCUT2D eigenvalue weighted by Crippen LogP contribution is 2.26. The first-order valence-corrected chi connectivity index (χ1v) is 11.0. The zero-order valence-corrected chi connectivity index (χ0v) is 18.2. The molecule has 0 aliphatic heterocycles. The second-order valence-corrected chi connectivity index (χ2v) is 8.10. The van der Waals surface area contributed by atoms with Gasteiger partial charge in [-0.3, -0.25) is 18.3 Å². The first-order chi connectivity index (χ1) is 16.1. The first kappa shape index (κ1) is 21.1. The van der Waals surface area contributed by atoms with Crippen molar-refractivity contribution in [1.82, 2.24) is 28.7 Å². The maximum absolute atomic E-state index is 13.4. The molecule has 5 aromatic rings. The number of rotatable bonds is 7. The fraction of sp³-hybridized carbons (Fsp3) is 0.182. The highest BCUT2D eigenvalue weighted by Gasteiger charge is 2.19. The van der Waals surface area contributed by atoms with E-state index in [1.807, 2.05) is 36.4 Å². The molecule has 0 bridgehead atoms. The molecule has 8 nitrogen and oxygen atoms in total. The molecular formula is C22H18F2N6O2S. The summed E-state index contributed by atoms with van der Waals surface area (Å²) < 4.78 is 35.9. The van der Waals surface area contributed by atoms with Gasteiger partial charge in [0.1, 0.15) is 11.6 Å². The van der Waals surface area contributed by atoms with Crippen LogP contribution in [0.15, 0.2) is 70.9 Å². The minimum absolute atomic E-state index is 0.165. The summed E-state index contributed by atoms with van der Waals surface area (Å²) in [6.07, 6.45) is 2.58. The molecule has 3 aromatic heterocycles. The Bertz CT molecular complexity index is 1510. The Morgan fingerprint density at radius 2 is 1.88 bits per heavy atom. The lowest BCUT2D eigenvalue weighted by atomic mass is 10.2. The van der Waals surface area contributed by atoms with Crippen molar-refractivity contribution in [1.29, 1.82) is 0 Å². The highest BCUT2D eigenvalue weighted by molar-refractivity contribution is 7.98. The summed E-state index contributed by atoms with van der Waals surface area (Å²) in [4.78, 5) is 17.4. The number of aromatic nitrogens is 6. The largest absolute Gasteiger partial charge is 0.496 e. The molecule has 0 amide bonds. The predicted octanol–water partition coefficient (Wildman–Crippen LogP) is 3.99. The number of halogens is 2. The van der Waals surface area contributed by atoms with Crippen molar-refractivity contribution < 1.29 is 13.5 Å². The van der Waals surface area contributed by atoms with Crippen LogP contribution in [0.1, 0.15) is 17.9 Å². The topological polar surface area (TPSA) is 79.2 Å². The summed E-state index contributed by atoms with van der Waals surface area (Å²) in [6.45, 7) is -2.44. The van der Waals surface area contributed by atoms with Crippen LogP contribution in [0.5, 0.6) is 5.75 Å². The lowest BCUT2D eigenvalue weighted by Gasteiger charge is -2.13. The van der Waals surface area contributed by atoms with Crippen LogP contribution in [-0.4, -0.2) is 35.8 Å². The number of methoxy groups -OCH3 is 1. The molecule has 0 saturated heterocycles. The average molecular weight is 468 g/mol. The number of alkyl halides is 2. The molecule has 0 N–H and O–H groups in total. The average Bonchev–Trinajstić information content (AvgIpc) is 3.48. The molecule has 0 atom stereocenters. The van der Waals surface area contributed by atoms with Gasteiger partial charge in [0, 0.05) is 18.0 Å². The quantitative estimate of drug-likeness (QED) is 0.336. The number of para-hydroxylation sites is 2. The van der Waals surface area contributed by atoms with Crippen LogP contribution in [0.3, 0.4) is 0 Å². The van der Waals surface area contributed by atoms with Crippen molar-refractivity contribution in [3.05, 3.63) is 82.7 Å². The second kappa shape index (κ2) is 8.66. The molecule has 0 aliphatic carbocycles. The van der Waals surface area contributed by atoms with E-state index in [0.717, 1.165) is 10.1 Å². The van der Waals surface area contributed by atoms with E-state index in [4.69, 9.17) is 4.74 Å². The van der Waals surface area contributed by atoms with Crippen molar-refractivity contribution in [2.75, 3.05) is 7.11 Å². The van der Waals surface area contributed by atoms with Gasteiger partial charge >= 0.3 is 6.55 Å². The van der Waals surface area contributed by atoms with Gasteiger partial charge in [-0.2, -0.15) is 8.78 Å². The molecule has 0 spiro atoms. The Kier molecular flexibility index (Phi) is 5.55. The summed E-state index contributed by atoms with van der Waals surface area (Å²) >= 11 is 1.22. The zero-order valence-electron chi connectivity index (χ0n) is 17.4. The number of imidazole rings is 1. The van der Waals surface area contributed by atoms with Crippen molar-refractivity contribution in [2.45, 2.75) is 24.0 Å². The van der Waals surface area contributed by atoms with E-state index in [1.54, 1.807) is 23.6 Å². The molecule has 11 heteroatoms. The minimum atomic E-state index is -2.68. The third-order valence-electron chi connectivity index (χ3n) is 5.29. The van der Waals surface area contributed by atoms with Gasteiger partial charge in [0.2, 0.25) is 5.78 Å². The van der Waals surface area contributed by atoms with Gasteiger partial charge in [0.15, 0.2) is 5.16 Å². The summed E-state index contributed by atoms with van der Waals surface area (Å²) in [5, 5.41) is 9.51. The van der Waals surface area contributed by atoms with E-state index in [-0.39, 0.29) is 23.7 Å². The van der Waals surface area contributed by atoms with E-state index in [0.29, 0.717) is 27.6 Å². The first-order valence-electron chi connectivity index (χ1n) is 9.99. The van der Waals surface area contributed by atoms with Crippen molar-refractivity contribution in [3.63, 3.8) is 0 Å². The van der Waals surface area contributed by atoms with Crippen molar-refractivity contribution >= 4 is 28.4 Å². The van der Waals surface area contributed by atoms with E-state index < -0.39 is 6.55 Å². The smallest absolute Gasteiger partial charge is 0.319 e. The molecule has 3 heterocycles. The van der Waals surface area contributed by atoms with Crippen LogP contribution in [0, 0.1) is 0 Å². The molecule has 0 aliphatic rings. The molecule has 0 saturated carbocycles. The molecule has 0 unspecified atom stereocenters. The minimum Gasteiger partial charge on any atom is -0.496 e. The number of benzene rings is 2. The Balaban J connectivity index is 1.63. The van der Waals surface area contributed by atoms with Crippen LogP contribution < -0.4 is 10.3 Å². The summed E-state index contributed by atoms with van der Waals surface area (Å²) in [6, 6.07) is 14.6. The van der Waals surface area contributed by atoms with Gasteiger partial charge in [-0.15, -0.1) is 10.2 Å². The van der Waals surface area contributed by atoms with Gasteiger partial charge in [-0.1, -0.05) is 42.1 Å². The van der Waals surface area contributed by atoms with E-state index in [2.05, 4.69) is 15.2 Å². The molecule has 168 valence electrons. The third kappa shape index (κ3) is 3.74. The van der Waals surface area contributed by atoms with E-state index in [9.17, 15) is 13.6 Å². The third-order valence-corrected chi connectivity index (χ3v) is 6.21. The Morgan fingerprint density at radius 3 is 2.70 bits per heavy atom. The van der Waals surface area contributed by atoms with Crippen LogP contribution in [-0.2, 0) is 12.3 Å². The number of ether oxygens (including phenoxy) is 1. The maximum atomic E-state index is 13.4. The number of hydrogen-bond acceptors (Lipinski definition) is 6. The molecule has 0 radical (unpaired) electrons. The van der Waals surface area contributed by atoms with Crippen LogP contribution >= 0.6 is 11.8 Å². The highest BCUT2D eigenvalue weighted by atomic mass is 32.2. The summed E-state index contributed by atoms with van der Waals surface area (Å²) in [7, 11) is 1.58. The molecule has 33 heavy (non-hydrogen) atoms. The van der Waals surface area contributed by atoms with E-state index >= 15 is 0 Å². The number of hydrogen-bond donors (Lipinski definition) is 0. The lowest BCUT2D eigenvalue weighted by molar-refractivity contribution is 0.0678. The molecule has 2 aromatic carbocycles. The Hall–Kier alpha value is -3.73. The number of thioether (sulfide) groups is 1. The molecule has 5 rings (SSSR count). The van der Waals surface area contributed by atoms with Gasteiger partial charge in [-0.05, 0) is 18.2 Å². The summed E-state index contributed by atoms with van der Waals surface area (Å²) in [5.74, 6) is 1.39. The predicted molar refractivity (Wildman–Crippen MR) is 120 cm³/mol. The second-order valence-electron chi connectivity index (χ2n) is 7.16. The molecule has 0 fully saturated rings. The van der Waals surface area contributed by atoms with Gasteiger partial charge in [0.25, 0.3) is 5.56 Å². The lowest BCUT2D eigenvalue weighted by Crippen LogP contribution is -2.24. The number of nitrogens with zero attached hydrogens (tertiary/aromatic N) is 6. The summed E-state index contributed by atoms with van der Waals surface area (Å²) in [5.41, 5.74) is 1.25. The van der Waals surface area contributed by atoms with Gasteiger partial charge < -0.3 is 4.74 Å². The SMILES string of the molecule is COc1ccccc1Cn1c(=O)c2ccccc2n2c(SCc3nccn3C(F)F)nnc12.